The largest absolute Gasteiger partial charge is 0.330 e. The Labute approximate surface area is 104 Å². The van der Waals surface area contributed by atoms with E-state index in [1.807, 2.05) is 0 Å². The van der Waals surface area contributed by atoms with E-state index in [0.717, 1.165) is 35.5 Å². The highest BCUT2D eigenvalue weighted by Crippen LogP contribution is 2.57. The molecule has 0 amide bonds. The van der Waals surface area contributed by atoms with Crippen LogP contribution in [-0.2, 0) is 0 Å². The van der Waals surface area contributed by atoms with E-state index in [1.54, 1.807) is 32.1 Å². The maximum absolute atomic E-state index is 5.72. The molecule has 16 heavy (non-hydrogen) atoms. The van der Waals surface area contributed by atoms with Crippen LogP contribution in [-0.4, -0.2) is 17.5 Å². The van der Waals surface area contributed by atoms with Gasteiger partial charge in [-0.15, -0.1) is 0 Å². The normalized spacial score (nSPS) is 47.2. The molecule has 2 N–H and O–H groups in total. The van der Waals surface area contributed by atoms with Gasteiger partial charge in [-0.3, -0.25) is 0 Å². The molecule has 0 heterocycles. The molecule has 92 valence electrons. The van der Waals surface area contributed by atoms with Crippen molar-refractivity contribution in [2.24, 2.45) is 35.3 Å². The fourth-order valence-corrected chi connectivity index (χ4v) is 6.17. The third-order valence-corrected chi connectivity index (χ3v) is 7.03. The number of thioether (sulfide) groups is 1. The molecule has 0 radical (unpaired) electrons. The van der Waals surface area contributed by atoms with E-state index in [-0.39, 0.29) is 0 Å². The van der Waals surface area contributed by atoms with E-state index < -0.39 is 0 Å². The molecule has 4 aliphatic carbocycles. The van der Waals surface area contributed by atoms with Crippen LogP contribution in [0.15, 0.2) is 0 Å². The Morgan fingerprint density at radius 2 is 1.62 bits per heavy atom. The van der Waals surface area contributed by atoms with Crippen molar-refractivity contribution in [3.63, 3.8) is 0 Å². The first kappa shape index (κ1) is 11.4. The third kappa shape index (κ3) is 2.03. The van der Waals surface area contributed by atoms with Crippen LogP contribution in [0.4, 0.5) is 0 Å². The predicted molar refractivity (Wildman–Crippen MR) is 71.5 cm³/mol. The van der Waals surface area contributed by atoms with Crippen LogP contribution in [0.25, 0.3) is 0 Å². The van der Waals surface area contributed by atoms with Gasteiger partial charge in [0.1, 0.15) is 0 Å². The lowest BCUT2D eigenvalue weighted by Crippen LogP contribution is -2.47. The van der Waals surface area contributed by atoms with E-state index in [9.17, 15) is 0 Å². The van der Waals surface area contributed by atoms with Crippen molar-refractivity contribution in [1.82, 2.24) is 0 Å². The van der Waals surface area contributed by atoms with Gasteiger partial charge < -0.3 is 5.73 Å². The lowest BCUT2D eigenvalue weighted by Gasteiger charge is -2.54. The van der Waals surface area contributed by atoms with E-state index in [1.165, 1.54) is 5.75 Å². The van der Waals surface area contributed by atoms with Gasteiger partial charge >= 0.3 is 0 Å². The van der Waals surface area contributed by atoms with Crippen LogP contribution in [0.5, 0.6) is 0 Å². The van der Waals surface area contributed by atoms with Gasteiger partial charge in [-0.2, -0.15) is 11.8 Å². The molecule has 0 aromatic carbocycles. The average Bonchev–Trinajstić information content (AvgIpc) is 2.26. The molecule has 4 bridgehead atoms. The molecule has 0 aromatic rings. The van der Waals surface area contributed by atoms with Crippen molar-refractivity contribution in [1.29, 1.82) is 0 Å². The molecule has 1 unspecified atom stereocenters. The van der Waals surface area contributed by atoms with E-state index in [2.05, 4.69) is 18.7 Å². The summed E-state index contributed by atoms with van der Waals surface area (Å²) in [5, 5.41) is 1.00. The fourth-order valence-electron chi connectivity index (χ4n) is 4.49. The molecule has 4 saturated carbocycles. The zero-order valence-electron chi connectivity index (χ0n) is 10.4. The van der Waals surface area contributed by atoms with Crippen LogP contribution in [0, 0.1) is 29.6 Å². The summed E-state index contributed by atoms with van der Waals surface area (Å²) in [4.78, 5) is 0. The summed E-state index contributed by atoms with van der Waals surface area (Å²) in [6.07, 6.45) is 7.80. The summed E-state index contributed by atoms with van der Waals surface area (Å²) in [5.74, 6) is 6.39. The maximum Gasteiger partial charge on any atom is 0.0104 e. The molecule has 1 atom stereocenters. The molecule has 4 fully saturated rings. The number of nitrogens with two attached hydrogens (primary N) is 1. The molecule has 0 aromatic heterocycles. The average molecular weight is 239 g/mol. The Balaban J connectivity index is 1.59. The number of rotatable bonds is 4. The Bertz CT molecular complexity index is 225. The van der Waals surface area contributed by atoms with Crippen LogP contribution < -0.4 is 5.73 Å². The van der Waals surface area contributed by atoms with Gasteiger partial charge in [0.2, 0.25) is 0 Å². The van der Waals surface area contributed by atoms with E-state index >= 15 is 0 Å². The minimum atomic E-state index is 0.710. The fraction of sp³-hybridized carbons (Fsp3) is 1.00. The van der Waals surface area contributed by atoms with Gasteiger partial charge in [-0.25, -0.2) is 0 Å². The molecule has 1 nitrogen and oxygen atoms in total. The summed E-state index contributed by atoms with van der Waals surface area (Å²) in [6, 6.07) is 0. The second kappa shape index (κ2) is 4.53. The first-order chi connectivity index (χ1) is 7.76. The monoisotopic (exact) mass is 239 g/mol. The summed E-state index contributed by atoms with van der Waals surface area (Å²) in [7, 11) is 0. The highest BCUT2D eigenvalue weighted by molar-refractivity contribution is 7.99. The molecule has 4 aliphatic rings. The molecule has 0 spiro atoms. The summed E-state index contributed by atoms with van der Waals surface area (Å²) in [5.41, 5.74) is 5.72. The quantitative estimate of drug-likeness (QED) is 0.815. The summed E-state index contributed by atoms with van der Waals surface area (Å²) in [6.45, 7) is 3.16. The van der Waals surface area contributed by atoms with Crippen molar-refractivity contribution in [2.75, 3.05) is 12.3 Å². The van der Waals surface area contributed by atoms with Crippen molar-refractivity contribution >= 4 is 11.8 Å². The smallest absolute Gasteiger partial charge is 0.0104 e. The summed E-state index contributed by atoms with van der Waals surface area (Å²) < 4.78 is 0. The second-order valence-electron chi connectivity index (χ2n) is 6.57. The van der Waals surface area contributed by atoms with Gasteiger partial charge in [-0.05, 0) is 74.0 Å². The van der Waals surface area contributed by atoms with Crippen molar-refractivity contribution in [3.05, 3.63) is 0 Å². The minimum Gasteiger partial charge on any atom is -0.330 e. The molecular formula is C14H25NS. The standard InChI is InChI=1S/C14H25NS/c1-9(7-15)8-16-14-12-3-10-2-11(5-12)6-13(14)4-10/h9-14H,2-8,15H2,1H3. The van der Waals surface area contributed by atoms with Gasteiger partial charge in [0, 0.05) is 5.25 Å². The molecular weight excluding hydrogens is 214 g/mol. The second-order valence-corrected chi connectivity index (χ2v) is 7.78. The number of hydrogen-bond donors (Lipinski definition) is 1. The Morgan fingerprint density at radius 3 is 2.12 bits per heavy atom. The molecule has 0 saturated heterocycles. The molecule has 2 heteroatoms. The maximum atomic E-state index is 5.72. The Morgan fingerprint density at radius 1 is 1.06 bits per heavy atom. The topological polar surface area (TPSA) is 26.0 Å². The van der Waals surface area contributed by atoms with Crippen LogP contribution in [0.3, 0.4) is 0 Å². The van der Waals surface area contributed by atoms with Crippen LogP contribution >= 0.6 is 11.8 Å². The van der Waals surface area contributed by atoms with E-state index in [0.29, 0.717) is 5.92 Å². The van der Waals surface area contributed by atoms with Crippen molar-refractivity contribution < 1.29 is 0 Å². The highest BCUT2D eigenvalue weighted by atomic mass is 32.2. The lowest BCUT2D eigenvalue weighted by atomic mass is 9.56. The van der Waals surface area contributed by atoms with Gasteiger partial charge in [0.05, 0.1) is 0 Å². The number of hydrogen-bond acceptors (Lipinski definition) is 2. The molecule has 0 aliphatic heterocycles. The predicted octanol–water partition coefficient (Wildman–Crippen LogP) is 3.14. The Hall–Kier alpha value is 0.310. The summed E-state index contributed by atoms with van der Waals surface area (Å²) >= 11 is 2.26. The first-order valence-corrected chi connectivity index (χ1v) is 8.12. The Kier molecular flexibility index (Phi) is 3.23. The third-order valence-electron chi connectivity index (χ3n) is 5.12. The lowest BCUT2D eigenvalue weighted by molar-refractivity contribution is 0.0267. The SMILES string of the molecule is CC(CN)CSC1C2CC3CC(C2)CC1C3. The van der Waals surface area contributed by atoms with Crippen LogP contribution in [0.1, 0.15) is 39.0 Å². The zero-order chi connectivity index (χ0) is 11.1. The van der Waals surface area contributed by atoms with E-state index in [4.69, 9.17) is 5.73 Å². The molecule has 4 rings (SSSR count). The zero-order valence-corrected chi connectivity index (χ0v) is 11.2. The minimum absolute atomic E-state index is 0.710. The van der Waals surface area contributed by atoms with Gasteiger partial charge in [0.15, 0.2) is 0 Å². The first-order valence-electron chi connectivity index (χ1n) is 7.08. The van der Waals surface area contributed by atoms with Crippen LogP contribution in [0.2, 0.25) is 0 Å². The van der Waals surface area contributed by atoms with Crippen molar-refractivity contribution in [2.45, 2.75) is 44.3 Å². The van der Waals surface area contributed by atoms with Gasteiger partial charge in [0.25, 0.3) is 0 Å². The highest BCUT2D eigenvalue weighted by Gasteiger charge is 2.48. The van der Waals surface area contributed by atoms with Crippen molar-refractivity contribution in [3.8, 4) is 0 Å². The van der Waals surface area contributed by atoms with Gasteiger partial charge in [-0.1, -0.05) is 6.92 Å².